The van der Waals surface area contributed by atoms with E-state index in [9.17, 15) is 18.4 Å². The van der Waals surface area contributed by atoms with Crippen LogP contribution in [0.3, 0.4) is 0 Å². The van der Waals surface area contributed by atoms with E-state index in [-0.39, 0.29) is 6.23 Å². The molecule has 6 nitrogen and oxygen atoms in total. The van der Waals surface area contributed by atoms with E-state index in [4.69, 9.17) is 4.84 Å². The van der Waals surface area contributed by atoms with E-state index in [0.29, 0.717) is 29.5 Å². The van der Waals surface area contributed by atoms with Crippen molar-refractivity contribution < 1.29 is 23.2 Å². The number of rotatable bonds is 5. The summed E-state index contributed by atoms with van der Waals surface area (Å²) in [7, 11) is 0. The van der Waals surface area contributed by atoms with E-state index in [2.05, 4.69) is 31.2 Å². The van der Waals surface area contributed by atoms with E-state index in [0.717, 1.165) is 30.2 Å². The number of urea groups is 1. The topological polar surface area (TPSA) is 73.7 Å². The summed E-state index contributed by atoms with van der Waals surface area (Å²) >= 11 is 0. The van der Waals surface area contributed by atoms with E-state index in [1.165, 1.54) is 12.8 Å². The van der Waals surface area contributed by atoms with Crippen molar-refractivity contribution in [1.82, 2.24) is 10.4 Å². The first-order valence-corrected chi connectivity index (χ1v) is 11.4. The second-order valence-electron chi connectivity index (χ2n) is 9.31. The number of benzene rings is 2. The molecule has 1 aliphatic heterocycles. The minimum absolute atomic E-state index is 0.100. The van der Waals surface area contributed by atoms with Crippen molar-refractivity contribution in [2.24, 2.45) is 17.8 Å². The van der Waals surface area contributed by atoms with Gasteiger partial charge < -0.3 is 5.32 Å². The van der Waals surface area contributed by atoms with Crippen molar-refractivity contribution in [3.05, 3.63) is 65.2 Å². The van der Waals surface area contributed by atoms with Gasteiger partial charge in [-0.05, 0) is 66.8 Å². The average molecular weight is 458 g/mol. The minimum Gasteiger partial charge on any atom is -0.308 e. The molecule has 2 aromatic rings. The Labute approximate surface area is 192 Å². The number of nitrogens with zero attached hydrogens (tertiary/aromatic N) is 1. The maximum absolute atomic E-state index is 13.7. The van der Waals surface area contributed by atoms with Crippen molar-refractivity contribution in [2.45, 2.75) is 52.3 Å². The zero-order valence-corrected chi connectivity index (χ0v) is 19.0. The molecule has 176 valence electrons. The largest absolute Gasteiger partial charge is 0.326 e. The van der Waals surface area contributed by atoms with Crippen LogP contribution in [-0.4, -0.2) is 23.0 Å². The highest BCUT2D eigenvalue weighted by atomic mass is 19.1. The molecule has 1 saturated heterocycles. The molecule has 1 aliphatic carbocycles. The molecular weight excluding hydrogens is 428 g/mol. The van der Waals surface area contributed by atoms with Crippen molar-refractivity contribution in [1.29, 1.82) is 0 Å². The van der Waals surface area contributed by atoms with Crippen molar-refractivity contribution in [2.75, 3.05) is 5.32 Å². The summed E-state index contributed by atoms with van der Waals surface area (Å²) in [6.45, 7) is 6.83. The minimum atomic E-state index is -1.15. The fourth-order valence-corrected chi connectivity index (χ4v) is 4.61. The van der Waals surface area contributed by atoms with Gasteiger partial charge in [-0.25, -0.2) is 13.6 Å². The van der Waals surface area contributed by atoms with Gasteiger partial charge in [0.2, 0.25) is 0 Å². The van der Waals surface area contributed by atoms with Crippen LogP contribution in [0.2, 0.25) is 0 Å². The quantitative estimate of drug-likeness (QED) is 0.571. The van der Waals surface area contributed by atoms with Crippen molar-refractivity contribution >= 4 is 17.6 Å². The average Bonchev–Trinajstić information content (AvgIpc) is 3.55. The third-order valence-corrected chi connectivity index (χ3v) is 6.74. The van der Waals surface area contributed by atoms with Gasteiger partial charge in [-0.15, -0.1) is 5.06 Å². The SMILES string of the molecule is CC(C)C1CCC(C)C(N2OC2c2ccc(NC(=O)NC(=O)c3c(F)cccc3F)cc2)C1. The first kappa shape index (κ1) is 23.3. The predicted molar refractivity (Wildman–Crippen MR) is 120 cm³/mol. The number of halogens is 2. The second kappa shape index (κ2) is 9.57. The highest BCUT2D eigenvalue weighted by molar-refractivity contribution is 6.08. The van der Waals surface area contributed by atoms with Gasteiger partial charge in [0.1, 0.15) is 17.2 Å². The van der Waals surface area contributed by atoms with Crippen LogP contribution in [0.4, 0.5) is 19.3 Å². The number of hydrogen-bond acceptors (Lipinski definition) is 4. The standard InChI is InChI=1S/C25H29F2N3O3/c1-14(2)17-8-7-15(3)21(13-17)30-24(33-30)16-9-11-18(12-10-16)28-25(32)29-23(31)22-19(26)5-4-6-20(22)27/h4-6,9-12,14-15,17,21,24H,7-8,13H2,1-3H3,(H2,28,29,31,32). The molecule has 0 aromatic heterocycles. The molecule has 2 fully saturated rings. The Morgan fingerprint density at radius 2 is 1.73 bits per heavy atom. The summed E-state index contributed by atoms with van der Waals surface area (Å²) in [6, 6.07) is 9.67. The first-order chi connectivity index (χ1) is 15.7. The Bertz CT molecular complexity index is 1010. The molecule has 2 aliphatic rings. The maximum Gasteiger partial charge on any atom is 0.326 e. The van der Waals surface area contributed by atoms with Crippen LogP contribution in [-0.2, 0) is 4.84 Å². The molecule has 2 aromatic carbocycles. The fourth-order valence-electron chi connectivity index (χ4n) is 4.61. The number of carbonyl (C=O) groups excluding carboxylic acids is 2. The Morgan fingerprint density at radius 1 is 1.06 bits per heavy atom. The molecule has 1 saturated carbocycles. The summed E-state index contributed by atoms with van der Waals surface area (Å²) in [5.74, 6) is -1.27. The molecule has 5 unspecified atom stereocenters. The Hall–Kier alpha value is -2.84. The van der Waals surface area contributed by atoms with Gasteiger partial charge in [0.25, 0.3) is 5.91 Å². The van der Waals surface area contributed by atoms with Crippen molar-refractivity contribution in [3.8, 4) is 0 Å². The number of amides is 3. The van der Waals surface area contributed by atoms with Gasteiger partial charge in [-0.1, -0.05) is 39.0 Å². The normalized spacial score (nSPS) is 26.7. The van der Waals surface area contributed by atoms with Crippen molar-refractivity contribution in [3.63, 3.8) is 0 Å². The van der Waals surface area contributed by atoms with Crippen LogP contribution in [0.1, 0.15) is 62.2 Å². The third kappa shape index (κ3) is 5.23. The molecule has 4 rings (SSSR count). The molecule has 5 atom stereocenters. The number of hydroxylamine groups is 2. The van der Waals surface area contributed by atoms with Gasteiger partial charge in [-0.3, -0.25) is 14.9 Å². The Morgan fingerprint density at radius 3 is 2.36 bits per heavy atom. The van der Waals surface area contributed by atoms with Gasteiger partial charge in [0, 0.05) is 11.7 Å². The smallest absolute Gasteiger partial charge is 0.308 e. The van der Waals surface area contributed by atoms with E-state index in [1.807, 2.05) is 17.4 Å². The number of nitrogens with one attached hydrogen (secondary N) is 2. The lowest BCUT2D eigenvalue weighted by Crippen LogP contribution is -2.35. The lowest BCUT2D eigenvalue weighted by molar-refractivity contribution is 0.0554. The summed E-state index contributed by atoms with van der Waals surface area (Å²) < 4.78 is 27.4. The Kier molecular flexibility index (Phi) is 6.76. The molecule has 33 heavy (non-hydrogen) atoms. The summed E-state index contributed by atoms with van der Waals surface area (Å²) in [5.41, 5.74) is 0.617. The van der Waals surface area contributed by atoms with E-state index < -0.39 is 29.1 Å². The number of anilines is 1. The van der Waals surface area contributed by atoms with Gasteiger partial charge >= 0.3 is 6.03 Å². The fraction of sp³-hybridized carbons (Fsp3) is 0.440. The second-order valence-corrected chi connectivity index (χ2v) is 9.31. The highest BCUT2D eigenvalue weighted by Crippen LogP contribution is 2.46. The van der Waals surface area contributed by atoms with Gasteiger partial charge in [-0.2, -0.15) is 0 Å². The predicted octanol–water partition coefficient (Wildman–Crippen LogP) is 5.63. The monoisotopic (exact) mass is 457 g/mol. The lowest BCUT2D eigenvalue weighted by atomic mass is 9.74. The van der Waals surface area contributed by atoms with Crippen LogP contribution in [0, 0.1) is 29.4 Å². The van der Waals surface area contributed by atoms with Crippen LogP contribution in [0.5, 0.6) is 0 Å². The molecule has 1 heterocycles. The van der Waals surface area contributed by atoms with Gasteiger partial charge in [0.05, 0.1) is 0 Å². The lowest BCUT2D eigenvalue weighted by Gasteiger charge is -2.35. The van der Waals surface area contributed by atoms with Crippen LogP contribution in [0.15, 0.2) is 42.5 Å². The van der Waals surface area contributed by atoms with E-state index in [1.54, 1.807) is 12.1 Å². The van der Waals surface area contributed by atoms with Crippen LogP contribution < -0.4 is 10.6 Å². The first-order valence-electron chi connectivity index (χ1n) is 11.4. The Balaban J connectivity index is 1.33. The molecule has 0 radical (unpaired) electrons. The highest BCUT2D eigenvalue weighted by Gasteiger charge is 2.47. The molecule has 2 N–H and O–H groups in total. The van der Waals surface area contributed by atoms with Gasteiger partial charge in [0.15, 0.2) is 6.23 Å². The zero-order valence-electron chi connectivity index (χ0n) is 19.0. The third-order valence-electron chi connectivity index (χ3n) is 6.74. The molecule has 0 bridgehead atoms. The van der Waals surface area contributed by atoms with Crippen LogP contribution >= 0.6 is 0 Å². The summed E-state index contributed by atoms with van der Waals surface area (Å²) in [6.07, 6.45) is 3.50. The zero-order chi connectivity index (χ0) is 23.7. The van der Waals surface area contributed by atoms with E-state index >= 15 is 0 Å². The summed E-state index contributed by atoms with van der Waals surface area (Å²) in [5, 5.41) is 6.52. The maximum atomic E-state index is 13.7. The molecule has 0 spiro atoms. The number of hydrogen-bond donors (Lipinski definition) is 2. The summed E-state index contributed by atoms with van der Waals surface area (Å²) in [4.78, 5) is 30.1. The molecule has 3 amide bonds. The number of carbonyl (C=O) groups is 2. The molecule has 8 heteroatoms. The number of imide groups is 1. The molecular formula is C25H29F2N3O3. The van der Waals surface area contributed by atoms with Crippen LogP contribution in [0.25, 0.3) is 0 Å².